The molecule has 1 heterocycles. The van der Waals surface area contributed by atoms with Crippen molar-refractivity contribution >= 4 is 5.78 Å². The van der Waals surface area contributed by atoms with E-state index in [0.29, 0.717) is 5.56 Å². The molecule has 0 unspecified atom stereocenters. The van der Waals surface area contributed by atoms with Crippen LogP contribution in [-0.2, 0) is 13.6 Å². The molecule has 0 aliphatic carbocycles. The van der Waals surface area contributed by atoms with Gasteiger partial charge < -0.3 is 0 Å². The summed E-state index contributed by atoms with van der Waals surface area (Å²) < 4.78 is 1.64. The van der Waals surface area contributed by atoms with Crippen molar-refractivity contribution in [2.75, 3.05) is 0 Å². The summed E-state index contributed by atoms with van der Waals surface area (Å²) in [6, 6.07) is 9.15. The van der Waals surface area contributed by atoms with Gasteiger partial charge in [0.05, 0.1) is 17.4 Å². The third-order valence-electron chi connectivity index (χ3n) is 2.35. The van der Waals surface area contributed by atoms with Gasteiger partial charge >= 0.3 is 0 Å². The smallest absolute Gasteiger partial charge is 0.290 e. The average Bonchev–Trinajstić information content (AvgIpc) is 2.59. The monoisotopic (exact) mass is 217 g/mol. The second-order valence-electron chi connectivity index (χ2n) is 3.58. The van der Waals surface area contributed by atoms with Crippen molar-refractivity contribution in [3.63, 3.8) is 0 Å². The second kappa shape index (κ2) is 4.22. The first-order chi connectivity index (χ1) is 7.66. The Bertz CT molecular complexity index is 484. The summed E-state index contributed by atoms with van der Waals surface area (Å²) in [6.45, 7) is 2.02. The van der Waals surface area contributed by atoms with Gasteiger partial charge in [0.2, 0.25) is 5.78 Å². The largest absolute Gasteiger partial charge is 0.295 e. The maximum atomic E-state index is 11.8. The normalized spacial score (nSPS) is 10.4. The van der Waals surface area contributed by atoms with E-state index in [1.54, 1.807) is 23.9 Å². The summed E-state index contributed by atoms with van der Waals surface area (Å²) in [5, 5.41) is 8.20. The molecule has 1 aromatic carbocycles. The first kappa shape index (κ1) is 10.5. The van der Waals surface area contributed by atoms with Gasteiger partial charge in [0.15, 0.2) is 6.54 Å². The van der Waals surface area contributed by atoms with E-state index in [2.05, 4.69) is 10.3 Å². The molecule has 0 saturated heterocycles. The average molecular weight is 217 g/mol. The molecular formula is C11H13N4O+. The number of rotatable bonds is 3. The van der Waals surface area contributed by atoms with E-state index >= 15 is 0 Å². The number of nitrogens with zero attached hydrogens (tertiary/aromatic N) is 4. The van der Waals surface area contributed by atoms with Gasteiger partial charge in [-0.1, -0.05) is 30.3 Å². The lowest BCUT2D eigenvalue weighted by Gasteiger charge is -1.94. The van der Waals surface area contributed by atoms with Gasteiger partial charge in [-0.15, -0.1) is 4.68 Å². The Morgan fingerprint density at radius 3 is 2.62 bits per heavy atom. The van der Waals surface area contributed by atoms with Crippen LogP contribution in [0.2, 0.25) is 0 Å². The molecule has 2 rings (SSSR count). The standard InChI is InChI=1S/C11H13N4O/c1-9-12-15(13-14(9)2)8-11(16)10-6-4-3-5-7-10/h3-7H,8H2,1-2H3/q+1. The van der Waals surface area contributed by atoms with E-state index in [9.17, 15) is 4.79 Å². The lowest BCUT2D eigenvalue weighted by atomic mass is 10.1. The number of benzene rings is 1. The molecule has 82 valence electrons. The lowest BCUT2D eigenvalue weighted by molar-refractivity contribution is -0.738. The molecule has 0 N–H and O–H groups in total. The van der Waals surface area contributed by atoms with Gasteiger partial charge in [-0.3, -0.25) is 4.79 Å². The first-order valence-electron chi connectivity index (χ1n) is 5.03. The SMILES string of the molecule is Cc1nn(CC(=O)c2ccccc2)n[n+]1C. The van der Waals surface area contributed by atoms with Crippen molar-refractivity contribution in [2.45, 2.75) is 13.5 Å². The summed E-state index contributed by atoms with van der Waals surface area (Å²) in [5.74, 6) is 0.789. The van der Waals surface area contributed by atoms with Crippen molar-refractivity contribution in [2.24, 2.45) is 7.05 Å². The lowest BCUT2D eigenvalue weighted by Crippen LogP contribution is -2.34. The number of carbonyl (C=O) groups is 1. The summed E-state index contributed by atoms with van der Waals surface area (Å²) in [5.41, 5.74) is 0.681. The number of ketones is 1. The number of carbonyl (C=O) groups excluding carboxylic acids is 1. The quantitative estimate of drug-likeness (QED) is 0.548. The Balaban J connectivity index is 2.14. The van der Waals surface area contributed by atoms with Crippen molar-refractivity contribution in [3.05, 3.63) is 41.7 Å². The molecular weight excluding hydrogens is 204 g/mol. The molecule has 0 atom stereocenters. The van der Waals surface area contributed by atoms with Gasteiger partial charge in [-0.2, -0.15) is 0 Å². The van der Waals surface area contributed by atoms with Crippen LogP contribution >= 0.6 is 0 Å². The zero-order chi connectivity index (χ0) is 11.5. The van der Waals surface area contributed by atoms with Crippen molar-refractivity contribution in [3.8, 4) is 0 Å². The molecule has 0 fully saturated rings. The van der Waals surface area contributed by atoms with Crippen molar-refractivity contribution in [1.29, 1.82) is 0 Å². The number of hydrogen-bond acceptors (Lipinski definition) is 3. The van der Waals surface area contributed by atoms with Crippen LogP contribution in [0.5, 0.6) is 0 Å². The topological polar surface area (TPSA) is 51.7 Å². The Hall–Kier alpha value is -2.04. The van der Waals surface area contributed by atoms with Crippen LogP contribution in [0.1, 0.15) is 16.2 Å². The molecule has 2 aromatic rings. The van der Waals surface area contributed by atoms with E-state index in [1.807, 2.05) is 25.1 Å². The molecule has 1 aromatic heterocycles. The van der Waals surface area contributed by atoms with Crippen LogP contribution < -0.4 is 4.68 Å². The highest BCUT2D eigenvalue weighted by Gasteiger charge is 2.15. The maximum absolute atomic E-state index is 11.8. The first-order valence-corrected chi connectivity index (χ1v) is 5.03. The Kier molecular flexibility index (Phi) is 2.76. The number of aromatic nitrogens is 4. The van der Waals surface area contributed by atoms with Crippen LogP contribution in [0, 0.1) is 6.92 Å². The highest BCUT2D eigenvalue weighted by atomic mass is 16.1. The fourth-order valence-electron chi connectivity index (χ4n) is 1.38. The highest BCUT2D eigenvalue weighted by Crippen LogP contribution is 2.00. The molecule has 0 radical (unpaired) electrons. The van der Waals surface area contributed by atoms with Crippen LogP contribution in [-0.4, -0.2) is 20.9 Å². The summed E-state index contributed by atoms with van der Waals surface area (Å²) in [6.07, 6.45) is 0. The molecule has 5 nitrogen and oxygen atoms in total. The highest BCUT2D eigenvalue weighted by molar-refractivity contribution is 5.95. The predicted molar refractivity (Wildman–Crippen MR) is 56.7 cm³/mol. The minimum Gasteiger partial charge on any atom is -0.290 e. The van der Waals surface area contributed by atoms with E-state index in [0.717, 1.165) is 5.82 Å². The molecule has 0 saturated carbocycles. The molecule has 0 bridgehead atoms. The zero-order valence-corrected chi connectivity index (χ0v) is 9.29. The summed E-state index contributed by atoms with van der Waals surface area (Å²) in [4.78, 5) is 13.2. The molecule has 0 spiro atoms. The summed E-state index contributed by atoms with van der Waals surface area (Å²) in [7, 11) is 1.80. The van der Waals surface area contributed by atoms with Gasteiger partial charge in [0, 0.05) is 12.5 Å². The minimum atomic E-state index is 0.0104. The summed E-state index contributed by atoms with van der Waals surface area (Å²) >= 11 is 0. The Morgan fingerprint density at radius 2 is 2.06 bits per heavy atom. The third kappa shape index (κ3) is 2.13. The van der Waals surface area contributed by atoms with Gasteiger partial charge in [0.25, 0.3) is 5.82 Å². The fraction of sp³-hybridized carbons (Fsp3) is 0.273. The third-order valence-corrected chi connectivity index (χ3v) is 2.35. The van der Waals surface area contributed by atoms with E-state index < -0.39 is 0 Å². The van der Waals surface area contributed by atoms with E-state index in [4.69, 9.17) is 0 Å². The van der Waals surface area contributed by atoms with Crippen LogP contribution in [0.4, 0.5) is 0 Å². The Labute approximate surface area is 93.3 Å². The Morgan fingerprint density at radius 1 is 1.38 bits per heavy atom. The zero-order valence-electron chi connectivity index (χ0n) is 9.29. The van der Waals surface area contributed by atoms with Crippen LogP contribution in [0.25, 0.3) is 0 Å². The number of hydrogen-bond donors (Lipinski definition) is 0. The van der Waals surface area contributed by atoms with Gasteiger partial charge in [0.1, 0.15) is 0 Å². The maximum Gasteiger partial charge on any atom is 0.295 e. The molecule has 0 aliphatic rings. The number of tetrazole rings is 1. The number of aryl methyl sites for hydroxylation is 2. The van der Waals surface area contributed by atoms with Gasteiger partial charge in [-0.25, -0.2) is 0 Å². The van der Waals surface area contributed by atoms with Crippen molar-refractivity contribution in [1.82, 2.24) is 15.1 Å². The van der Waals surface area contributed by atoms with Crippen LogP contribution in [0.3, 0.4) is 0 Å². The molecule has 16 heavy (non-hydrogen) atoms. The van der Waals surface area contributed by atoms with E-state index in [1.165, 1.54) is 4.80 Å². The van der Waals surface area contributed by atoms with E-state index in [-0.39, 0.29) is 12.3 Å². The fourth-order valence-corrected chi connectivity index (χ4v) is 1.38. The molecule has 5 heteroatoms. The van der Waals surface area contributed by atoms with Gasteiger partial charge in [-0.05, 0) is 4.80 Å². The molecule has 0 amide bonds. The predicted octanol–water partition coefficient (Wildman–Crippen LogP) is 0.294. The minimum absolute atomic E-state index is 0.0104. The second-order valence-corrected chi connectivity index (χ2v) is 3.58. The molecule has 0 aliphatic heterocycles. The van der Waals surface area contributed by atoms with Crippen LogP contribution in [0.15, 0.2) is 30.3 Å². The number of Topliss-reactive ketones (excluding diaryl/α,β-unsaturated/α-hetero) is 1. The van der Waals surface area contributed by atoms with Crippen molar-refractivity contribution < 1.29 is 9.48 Å².